The van der Waals surface area contributed by atoms with Gasteiger partial charge in [-0.2, -0.15) is 0 Å². The predicted molar refractivity (Wildman–Crippen MR) is 116 cm³/mol. The van der Waals surface area contributed by atoms with E-state index in [1.807, 2.05) is 37.3 Å². The molecule has 0 N–H and O–H groups in total. The Morgan fingerprint density at radius 1 is 1.00 bits per heavy atom. The summed E-state index contributed by atoms with van der Waals surface area (Å²) in [6, 6.07) is 19.9. The van der Waals surface area contributed by atoms with Gasteiger partial charge in [0.25, 0.3) is 0 Å². The van der Waals surface area contributed by atoms with Crippen molar-refractivity contribution in [3.8, 4) is 11.5 Å². The van der Waals surface area contributed by atoms with E-state index >= 15 is 0 Å². The quantitative estimate of drug-likeness (QED) is 0.232. The SMILES string of the molecule is Cc1ccccc1/C=C1\Oc2cc(OC(=O)C(Cl)c3ccccc3)cc(C)c2C1=O. The van der Waals surface area contributed by atoms with Crippen molar-refractivity contribution in [3.05, 3.63) is 100 Å². The monoisotopic (exact) mass is 418 g/mol. The number of carbonyl (C=O) groups excluding carboxylic acids is 2. The topological polar surface area (TPSA) is 52.6 Å². The molecular weight excluding hydrogens is 400 g/mol. The zero-order chi connectivity index (χ0) is 21.3. The third kappa shape index (κ3) is 3.87. The van der Waals surface area contributed by atoms with Gasteiger partial charge in [-0.3, -0.25) is 4.79 Å². The number of Topliss-reactive ketones (excluding diaryl/α,β-unsaturated/α-hetero) is 1. The summed E-state index contributed by atoms with van der Waals surface area (Å²) in [4.78, 5) is 25.3. The van der Waals surface area contributed by atoms with Gasteiger partial charge in [-0.15, -0.1) is 11.6 Å². The Morgan fingerprint density at radius 2 is 1.70 bits per heavy atom. The van der Waals surface area contributed by atoms with Gasteiger partial charge in [-0.25, -0.2) is 4.79 Å². The molecule has 5 heteroatoms. The number of benzene rings is 3. The Kier molecular flexibility index (Phi) is 5.42. The molecule has 0 saturated heterocycles. The van der Waals surface area contributed by atoms with Crippen molar-refractivity contribution >= 4 is 29.4 Å². The van der Waals surface area contributed by atoms with Gasteiger partial charge in [0, 0.05) is 6.07 Å². The molecule has 3 aromatic carbocycles. The molecule has 0 bridgehead atoms. The molecular formula is C25H19ClO4. The molecule has 3 aromatic rings. The first-order valence-electron chi connectivity index (χ1n) is 9.49. The maximum Gasteiger partial charge on any atom is 0.334 e. The molecule has 0 saturated carbocycles. The fraction of sp³-hybridized carbons (Fsp3) is 0.120. The normalized spacial score (nSPS) is 14.9. The fourth-order valence-corrected chi connectivity index (χ4v) is 3.54. The second-order valence-electron chi connectivity index (χ2n) is 7.10. The molecule has 4 rings (SSSR count). The van der Waals surface area contributed by atoms with Crippen LogP contribution < -0.4 is 9.47 Å². The lowest BCUT2D eigenvalue weighted by Crippen LogP contribution is -2.14. The Balaban J connectivity index is 1.59. The Morgan fingerprint density at radius 3 is 2.43 bits per heavy atom. The van der Waals surface area contributed by atoms with Gasteiger partial charge in [0.05, 0.1) is 5.56 Å². The molecule has 0 aromatic heterocycles. The van der Waals surface area contributed by atoms with Crippen LogP contribution in [0.4, 0.5) is 0 Å². The summed E-state index contributed by atoms with van der Waals surface area (Å²) >= 11 is 6.25. The highest BCUT2D eigenvalue weighted by molar-refractivity contribution is 6.30. The van der Waals surface area contributed by atoms with Gasteiger partial charge in [0.2, 0.25) is 5.78 Å². The van der Waals surface area contributed by atoms with Crippen LogP contribution in [0, 0.1) is 13.8 Å². The minimum Gasteiger partial charge on any atom is -0.452 e. The van der Waals surface area contributed by atoms with Crippen molar-refractivity contribution in [3.63, 3.8) is 0 Å². The average Bonchev–Trinajstić information content (AvgIpc) is 3.05. The van der Waals surface area contributed by atoms with E-state index in [2.05, 4.69) is 0 Å². The van der Waals surface area contributed by atoms with Crippen molar-refractivity contribution in [2.45, 2.75) is 19.2 Å². The number of carbonyl (C=O) groups is 2. The van der Waals surface area contributed by atoms with Gasteiger partial charge in [0.15, 0.2) is 11.1 Å². The summed E-state index contributed by atoms with van der Waals surface area (Å²) in [6.45, 7) is 3.75. The molecule has 0 spiro atoms. The van der Waals surface area contributed by atoms with E-state index in [9.17, 15) is 9.59 Å². The molecule has 1 aliphatic rings. The second-order valence-corrected chi connectivity index (χ2v) is 7.54. The first-order chi connectivity index (χ1) is 14.4. The summed E-state index contributed by atoms with van der Waals surface area (Å²) in [5.41, 5.74) is 3.74. The standard InChI is InChI=1S/C25H19ClO4/c1-15-8-6-7-11-18(15)13-21-24(27)22-16(2)12-19(14-20(22)30-21)29-25(28)23(26)17-9-4-3-5-10-17/h3-14,23H,1-2H3/b21-13-. The number of esters is 1. The smallest absolute Gasteiger partial charge is 0.334 e. The minimum atomic E-state index is -0.932. The molecule has 0 amide bonds. The number of hydrogen-bond donors (Lipinski definition) is 0. The summed E-state index contributed by atoms with van der Waals surface area (Å²) < 4.78 is 11.3. The average molecular weight is 419 g/mol. The number of aryl methyl sites for hydroxylation is 2. The Hall–Kier alpha value is -3.37. The van der Waals surface area contributed by atoms with Crippen molar-refractivity contribution in [1.29, 1.82) is 0 Å². The highest BCUT2D eigenvalue weighted by Gasteiger charge is 2.31. The minimum absolute atomic E-state index is 0.192. The van der Waals surface area contributed by atoms with Gasteiger partial charge < -0.3 is 9.47 Å². The Bertz CT molecular complexity index is 1170. The molecule has 0 radical (unpaired) electrons. The molecule has 1 heterocycles. The van der Waals surface area contributed by atoms with Crippen molar-refractivity contribution in [2.75, 3.05) is 0 Å². The van der Waals surface area contributed by atoms with E-state index < -0.39 is 11.3 Å². The van der Waals surface area contributed by atoms with Crippen LogP contribution in [0.25, 0.3) is 6.08 Å². The molecule has 150 valence electrons. The molecule has 30 heavy (non-hydrogen) atoms. The molecule has 1 atom stereocenters. The number of ether oxygens (including phenoxy) is 2. The number of allylic oxidation sites excluding steroid dienone is 1. The van der Waals surface area contributed by atoms with E-state index in [1.54, 1.807) is 49.4 Å². The van der Waals surface area contributed by atoms with Crippen LogP contribution in [0.5, 0.6) is 11.5 Å². The van der Waals surface area contributed by atoms with Crippen molar-refractivity contribution < 1.29 is 19.1 Å². The zero-order valence-electron chi connectivity index (χ0n) is 16.5. The number of ketones is 1. The third-order valence-corrected chi connectivity index (χ3v) is 5.37. The van der Waals surface area contributed by atoms with E-state index in [1.165, 1.54) is 0 Å². The van der Waals surface area contributed by atoms with Crippen LogP contribution >= 0.6 is 11.6 Å². The predicted octanol–water partition coefficient (Wildman–Crippen LogP) is 5.81. The fourth-order valence-electron chi connectivity index (χ4n) is 3.35. The van der Waals surface area contributed by atoms with E-state index in [0.29, 0.717) is 22.4 Å². The number of hydrogen-bond acceptors (Lipinski definition) is 4. The summed E-state index contributed by atoms with van der Waals surface area (Å²) in [6.07, 6.45) is 1.73. The molecule has 4 nitrogen and oxygen atoms in total. The molecule has 1 unspecified atom stereocenters. The number of alkyl halides is 1. The lowest BCUT2D eigenvalue weighted by Gasteiger charge is -2.11. The van der Waals surface area contributed by atoms with Crippen LogP contribution in [0.3, 0.4) is 0 Å². The number of halogens is 1. The van der Waals surface area contributed by atoms with Crippen LogP contribution in [-0.2, 0) is 4.79 Å². The Labute approximate surface area is 179 Å². The number of rotatable bonds is 4. The number of fused-ring (bicyclic) bond motifs is 1. The zero-order valence-corrected chi connectivity index (χ0v) is 17.3. The first kappa shape index (κ1) is 19.9. The van der Waals surface area contributed by atoms with E-state index in [-0.39, 0.29) is 17.3 Å². The van der Waals surface area contributed by atoms with Crippen LogP contribution in [0.2, 0.25) is 0 Å². The van der Waals surface area contributed by atoms with Crippen molar-refractivity contribution in [2.24, 2.45) is 0 Å². The highest BCUT2D eigenvalue weighted by atomic mass is 35.5. The second kappa shape index (κ2) is 8.17. The van der Waals surface area contributed by atoms with Crippen molar-refractivity contribution in [1.82, 2.24) is 0 Å². The highest BCUT2D eigenvalue weighted by Crippen LogP contribution is 2.38. The lowest BCUT2D eigenvalue weighted by atomic mass is 10.0. The van der Waals surface area contributed by atoms with Crippen LogP contribution in [0.15, 0.2) is 72.5 Å². The summed E-state index contributed by atoms with van der Waals surface area (Å²) in [7, 11) is 0. The molecule has 1 aliphatic heterocycles. The summed E-state index contributed by atoms with van der Waals surface area (Å²) in [5, 5.41) is -0.932. The third-order valence-electron chi connectivity index (χ3n) is 4.94. The van der Waals surface area contributed by atoms with Gasteiger partial charge in [0.1, 0.15) is 11.5 Å². The van der Waals surface area contributed by atoms with Gasteiger partial charge in [-0.05, 0) is 48.2 Å². The van der Waals surface area contributed by atoms with E-state index in [4.69, 9.17) is 21.1 Å². The van der Waals surface area contributed by atoms with E-state index in [0.717, 1.165) is 11.1 Å². The molecule has 0 fully saturated rings. The van der Waals surface area contributed by atoms with Crippen LogP contribution in [-0.4, -0.2) is 11.8 Å². The first-order valence-corrected chi connectivity index (χ1v) is 9.93. The summed E-state index contributed by atoms with van der Waals surface area (Å²) in [5.74, 6) is 0.104. The molecule has 0 aliphatic carbocycles. The van der Waals surface area contributed by atoms with Crippen LogP contribution in [0.1, 0.15) is 38.0 Å². The maximum absolute atomic E-state index is 12.8. The lowest BCUT2D eigenvalue weighted by molar-refractivity contribution is -0.134. The maximum atomic E-state index is 12.8. The largest absolute Gasteiger partial charge is 0.452 e. The van der Waals surface area contributed by atoms with Gasteiger partial charge in [-0.1, -0.05) is 54.6 Å². The van der Waals surface area contributed by atoms with Gasteiger partial charge >= 0.3 is 5.97 Å².